The summed E-state index contributed by atoms with van der Waals surface area (Å²) < 4.78 is 0. The van der Waals surface area contributed by atoms with E-state index in [9.17, 15) is 0 Å². The molecular weight excluding hydrogens is 242 g/mol. The molecule has 0 amide bonds. The van der Waals surface area contributed by atoms with Gasteiger partial charge in [0.2, 0.25) is 0 Å². The van der Waals surface area contributed by atoms with Gasteiger partial charge in [-0.05, 0) is 49.9 Å². The van der Waals surface area contributed by atoms with Gasteiger partial charge >= 0.3 is 0 Å². The van der Waals surface area contributed by atoms with E-state index < -0.39 is 0 Å². The second kappa shape index (κ2) is 6.60. The van der Waals surface area contributed by atoms with Gasteiger partial charge in [0.15, 0.2) is 0 Å². The fourth-order valence-corrected chi connectivity index (χ4v) is 2.55. The van der Waals surface area contributed by atoms with Gasteiger partial charge in [0.05, 0.1) is 0 Å². The third-order valence-electron chi connectivity index (χ3n) is 3.77. The summed E-state index contributed by atoms with van der Waals surface area (Å²) in [6.45, 7) is 8.73. The Hall–Kier alpha value is -1.76. The van der Waals surface area contributed by atoms with Crippen molar-refractivity contribution in [3.05, 3.63) is 64.7 Å². The number of rotatable bonds is 5. The minimum absolute atomic E-state index is 0.326. The zero-order valence-corrected chi connectivity index (χ0v) is 13.0. The quantitative estimate of drug-likeness (QED) is 0.761. The Balaban J connectivity index is 2.09. The Morgan fingerprint density at radius 1 is 1.00 bits per heavy atom. The van der Waals surface area contributed by atoms with Gasteiger partial charge in [-0.15, -0.1) is 0 Å². The number of aryl methyl sites for hydroxylation is 3. The lowest BCUT2D eigenvalue weighted by Gasteiger charge is -2.18. The van der Waals surface area contributed by atoms with Crippen LogP contribution in [0.15, 0.2) is 42.5 Å². The van der Waals surface area contributed by atoms with Crippen LogP contribution in [-0.2, 0) is 6.42 Å². The highest BCUT2D eigenvalue weighted by Crippen LogP contribution is 2.23. The van der Waals surface area contributed by atoms with Gasteiger partial charge in [-0.1, -0.05) is 55.3 Å². The summed E-state index contributed by atoms with van der Waals surface area (Å²) in [6, 6.07) is 15.9. The summed E-state index contributed by atoms with van der Waals surface area (Å²) in [5, 5.41) is 3.61. The van der Waals surface area contributed by atoms with Gasteiger partial charge in [0, 0.05) is 11.7 Å². The maximum atomic E-state index is 3.61. The van der Waals surface area contributed by atoms with Crippen molar-refractivity contribution in [1.82, 2.24) is 0 Å². The van der Waals surface area contributed by atoms with Crippen LogP contribution in [0, 0.1) is 13.8 Å². The molecule has 0 aliphatic heterocycles. The molecule has 2 aromatic carbocycles. The number of hydrogen-bond donors (Lipinski definition) is 1. The molecule has 0 spiro atoms. The molecule has 1 heteroatoms. The molecule has 1 N–H and O–H groups in total. The molecule has 1 atom stereocenters. The summed E-state index contributed by atoms with van der Waals surface area (Å²) in [5.74, 6) is 0. The van der Waals surface area contributed by atoms with Crippen molar-refractivity contribution in [2.75, 3.05) is 5.32 Å². The first-order chi connectivity index (χ1) is 9.60. The second-order valence-electron chi connectivity index (χ2n) is 5.68. The minimum Gasteiger partial charge on any atom is -0.378 e. The Morgan fingerprint density at radius 3 is 2.30 bits per heavy atom. The molecule has 0 aliphatic carbocycles. The van der Waals surface area contributed by atoms with Crippen molar-refractivity contribution in [3.63, 3.8) is 0 Å². The highest BCUT2D eigenvalue weighted by Gasteiger charge is 2.07. The molecule has 1 nitrogen and oxygen atoms in total. The maximum absolute atomic E-state index is 3.61. The van der Waals surface area contributed by atoms with Gasteiger partial charge in [0.25, 0.3) is 0 Å². The molecule has 0 aliphatic rings. The Morgan fingerprint density at radius 2 is 1.70 bits per heavy atom. The third kappa shape index (κ3) is 3.63. The monoisotopic (exact) mass is 267 g/mol. The van der Waals surface area contributed by atoms with Gasteiger partial charge in [0.1, 0.15) is 0 Å². The molecule has 0 bridgehead atoms. The molecule has 0 heterocycles. The first-order valence-electron chi connectivity index (χ1n) is 7.52. The molecule has 2 aromatic rings. The molecule has 20 heavy (non-hydrogen) atoms. The largest absolute Gasteiger partial charge is 0.378 e. The van der Waals surface area contributed by atoms with E-state index in [1.807, 2.05) is 0 Å². The van der Waals surface area contributed by atoms with E-state index in [4.69, 9.17) is 0 Å². The predicted octanol–water partition coefficient (Wildman–Crippen LogP) is 5.43. The first-order valence-corrected chi connectivity index (χ1v) is 7.52. The van der Waals surface area contributed by atoms with Gasteiger partial charge < -0.3 is 5.32 Å². The van der Waals surface area contributed by atoms with Crippen LogP contribution in [0.5, 0.6) is 0 Å². The van der Waals surface area contributed by atoms with Gasteiger partial charge in [-0.25, -0.2) is 0 Å². The molecule has 0 saturated heterocycles. The SMILES string of the molecule is CCCc1ccc(C(C)Nc2ccc(C)cc2C)cc1. The summed E-state index contributed by atoms with van der Waals surface area (Å²) in [6.07, 6.45) is 2.37. The topological polar surface area (TPSA) is 12.0 Å². The smallest absolute Gasteiger partial charge is 0.0485 e. The third-order valence-corrected chi connectivity index (χ3v) is 3.77. The number of hydrogen-bond acceptors (Lipinski definition) is 1. The summed E-state index contributed by atoms with van der Waals surface area (Å²) in [5.41, 5.74) is 6.60. The number of anilines is 1. The Labute approximate surface area is 123 Å². The molecule has 106 valence electrons. The van der Waals surface area contributed by atoms with E-state index in [0.717, 1.165) is 0 Å². The van der Waals surface area contributed by atoms with Crippen molar-refractivity contribution < 1.29 is 0 Å². The lowest BCUT2D eigenvalue weighted by molar-refractivity contribution is 0.874. The molecule has 0 radical (unpaired) electrons. The molecule has 0 saturated carbocycles. The maximum Gasteiger partial charge on any atom is 0.0485 e. The van der Waals surface area contributed by atoms with Crippen LogP contribution in [0.2, 0.25) is 0 Å². The highest BCUT2D eigenvalue weighted by molar-refractivity contribution is 5.53. The number of benzene rings is 2. The van der Waals surface area contributed by atoms with Crippen LogP contribution in [0.3, 0.4) is 0 Å². The van der Waals surface area contributed by atoms with E-state index >= 15 is 0 Å². The van der Waals surface area contributed by atoms with E-state index in [2.05, 4.69) is 75.5 Å². The molecule has 2 rings (SSSR count). The van der Waals surface area contributed by atoms with Gasteiger partial charge in [-0.2, -0.15) is 0 Å². The summed E-state index contributed by atoms with van der Waals surface area (Å²) in [7, 11) is 0. The minimum atomic E-state index is 0.326. The van der Waals surface area contributed by atoms with Crippen LogP contribution in [0.1, 0.15) is 48.6 Å². The Kier molecular flexibility index (Phi) is 4.84. The van der Waals surface area contributed by atoms with Crippen molar-refractivity contribution in [2.24, 2.45) is 0 Å². The zero-order chi connectivity index (χ0) is 14.5. The lowest BCUT2D eigenvalue weighted by Crippen LogP contribution is -2.07. The average Bonchev–Trinajstić information content (AvgIpc) is 2.43. The van der Waals surface area contributed by atoms with Crippen LogP contribution >= 0.6 is 0 Å². The Bertz CT molecular complexity index is 554. The highest BCUT2D eigenvalue weighted by atomic mass is 14.9. The van der Waals surface area contributed by atoms with Crippen molar-refractivity contribution in [2.45, 2.75) is 46.6 Å². The normalized spacial score (nSPS) is 12.2. The fraction of sp³-hybridized carbons (Fsp3) is 0.368. The van der Waals surface area contributed by atoms with Crippen LogP contribution < -0.4 is 5.32 Å². The number of nitrogens with one attached hydrogen (secondary N) is 1. The van der Waals surface area contributed by atoms with E-state index in [1.165, 1.54) is 40.8 Å². The first kappa shape index (κ1) is 14.6. The van der Waals surface area contributed by atoms with E-state index in [-0.39, 0.29) is 0 Å². The van der Waals surface area contributed by atoms with E-state index in [0.29, 0.717) is 6.04 Å². The average molecular weight is 267 g/mol. The molecule has 0 fully saturated rings. The zero-order valence-electron chi connectivity index (χ0n) is 13.0. The van der Waals surface area contributed by atoms with E-state index in [1.54, 1.807) is 0 Å². The van der Waals surface area contributed by atoms with Crippen molar-refractivity contribution in [3.8, 4) is 0 Å². The van der Waals surface area contributed by atoms with Gasteiger partial charge in [-0.3, -0.25) is 0 Å². The second-order valence-corrected chi connectivity index (χ2v) is 5.68. The molecule has 0 aromatic heterocycles. The van der Waals surface area contributed by atoms with Crippen LogP contribution in [-0.4, -0.2) is 0 Å². The predicted molar refractivity (Wildman–Crippen MR) is 88.4 cm³/mol. The molecular formula is C19H25N. The van der Waals surface area contributed by atoms with Crippen molar-refractivity contribution in [1.29, 1.82) is 0 Å². The standard InChI is InChI=1S/C19H25N/c1-5-6-17-8-10-18(11-9-17)16(4)20-19-12-7-14(2)13-15(19)3/h7-13,16,20H,5-6H2,1-4H3. The van der Waals surface area contributed by atoms with Crippen LogP contribution in [0.4, 0.5) is 5.69 Å². The lowest BCUT2D eigenvalue weighted by atomic mass is 10.0. The summed E-state index contributed by atoms with van der Waals surface area (Å²) >= 11 is 0. The van der Waals surface area contributed by atoms with Crippen molar-refractivity contribution >= 4 is 5.69 Å². The van der Waals surface area contributed by atoms with Crippen LogP contribution in [0.25, 0.3) is 0 Å². The fourth-order valence-electron chi connectivity index (χ4n) is 2.55. The summed E-state index contributed by atoms with van der Waals surface area (Å²) in [4.78, 5) is 0. The molecule has 1 unspecified atom stereocenters.